The fourth-order valence-corrected chi connectivity index (χ4v) is 3.07. The molecule has 0 N–H and O–H groups in total. The normalized spacial score (nSPS) is 11.5. The number of unbranched alkanes of at least 4 members (excludes halogenated alkanes) is 13. The van der Waals surface area contributed by atoms with Crippen LogP contribution in [0.1, 0.15) is 110 Å². The van der Waals surface area contributed by atoms with Crippen molar-refractivity contribution in [1.82, 2.24) is 4.90 Å². The summed E-state index contributed by atoms with van der Waals surface area (Å²) in [7, 11) is 2.13. The Hall–Kier alpha value is -0.0800. The fourth-order valence-electron chi connectivity index (χ4n) is 3.07. The Labute approximate surface area is 147 Å². The van der Waals surface area contributed by atoms with Crippen LogP contribution >= 0.6 is 0 Å². The fraction of sp³-hybridized carbons (Fsp3) is 1.00. The number of nitrogens with zero attached hydrogens (tertiary/aromatic N) is 1. The predicted molar refractivity (Wildman–Crippen MR) is 104 cm³/mol. The van der Waals surface area contributed by atoms with Crippen molar-refractivity contribution in [1.29, 1.82) is 0 Å². The molecule has 0 aromatic rings. The molecule has 0 bridgehead atoms. The van der Waals surface area contributed by atoms with Gasteiger partial charge in [-0.1, -0.05) is 97.3 Å². The summed E-state index contributed by atoms with van der Waals surface area (Å²) >= 11 is 0. The first-order valence-electron chi connectivity index (χ1n) is 10.6. The topological polar surface area (TPSA) is 12.5 Å². The summed E-state index contributed by atoms with van der Waals surface area (Å²) in [5.41, 5.74) is 0. The zero-order valence-corrected chi connectivity index (χ0v) is 16.6. The molecule has 0 radical (unpaired) electrons. The highest BCUT2D eigenvalue weighted by Gasteiger charge is 1.96. The summed E-state index contributed by atoms with van der Waals surface area (Å²) in [6.07, 6.45) is 21.1. The lowest BCUT2D eigenvalue weighted by molar-refractivity contribution is 0.0409. The summed E-state index contributed by atoms with van der Waals surface area (Å²) in [6.45, 7) is 7.38. The predicted octanol–water partition coefficient (Wildman–Crippen LogP) is 6.78. The third-order valence-corrected chi connectivity index (χ3v) is 4.56. The summed E-state index contributed by atoms with van der Waals surface area (Å²) in [6, 6.07) is 0. The molecule has 0 aromatic carbocycles. The van der Waals surface area contributed by atoms with Crippen LogP contribution in [-0.4, -0.2) is 31.8 Å². The molecule has 2 nitrogen and oxygen atoms in total. The van der Waals surface area contributed by atoms with Gasteiger partial charge >= 0.3 is 0 Å². The lowest BCUT2D eigenvalue weighted by Gasteiger charge is -2.15. The summed E-state index contributed by atoms with van der Waals surface area (Å²) < 4.78 is 5.68. The molecule has 0 saturated carbocycles. The molecule has 0 aliphatic heterocycles. The van der Waals surface area contributed by atoms with Crippen molar-refractivity contribution in [3.63, 3.8) is 0 Å². The van der Waals surface area contributed by atoms with Gasteiger partial charge in [0.2, 0.25) is 0 Å². The molecule has 0 unspecified atom stereocenters. The Kier molecular flexibility index (Phi) is 19.9. The standard InChI is InChI=1S/C21H45NO/c1-4-6-7-8-9-10-11-12-13-14-15-16-17-18-20-23-21-22(3)19-5-2/h4-21H2,1-3H3. The van der Waals surface area contributed by atoms with Gasteiger partial charge in [-0.2, -0.15) is 0 Å². The molecule has 0 saturated heterocycles. The van der Waals surface area contributed by atoms with Crippen molar-refractivity contribution in [2.75, 3.05) is 26.9 Å². The number of ether oxygens (including phenoxy) is 1. The maximum absolute atomic E-state index is 5.68. The molecule has 0 aliphatic rings. The molecule has 140 valence electrons. The van der Waals surface area contributed by atoms with Crippen molar-refractivity contribution < 1.29 is 4.74 Å². The molecular weight excluding hydrogens is 282 g/mol. The Morgan fingerprint density at radius 2 is 1.00 bits per heavy atom. The average molecular weight is 328 g/mol. The second-order valence-corrected chi connectivity index (χ2v) is 7.21. The molecule has 0 aromatic heterocycles. The molecule has 2 heteroatoms. The molecule has 0 amide bonds. The molecule has 0 fully saturated rings. The summed E-state index contributed by atoms with van der Waals surface area (Å²) in [5.74, 6) is 0. The van der Waals surface area contributed by atoms with Crippen molar-refractivity contribution in [2.24, 2.45) is 0 Å². The van der Waals surface area contributed by atoms with E-state index in [1.807, 2.05) is 0 Å². The van der Waals surface area contributed by atoms with E-state index in [1.54, 1.807) is 0 Å². The minimum Gasteiger partial charge on any atom is -0.366 e. The molecule has 23 heavy (non-hydrogen) atoms. The van der Waals surface area contributed by atoms with Crippen LogP contribution in [0.3, 0.4) is 0 Å². The first-order valence-corrected chi connectivity index (χ1v) is 10.6. The van der Waals surface area contributed by atoms with E-state index < -0.39 is 0 Å². The Morgan fingerprint density at radius 1 is 0.565 bits per heavy atom. The van der Waals surface area contributed by atoms with Gasteiger partial charge in [0.15, 0.2) is 0 Å². The summed E-state index contributed by atoms with van der Waals surface area (Å²) in [5, 5.41) is 0. The van der Waals surface area contributed by atoms with E-state index >= 15 is 0 Å². The van der Waals surface area contributed by atoms with Crippen LogP contribution in [0.5, 0.6) is 0 Å². The monoisotopic (exact) mass is 327 g/mol. The third kappa shape index (κ3) is 19.9. The average Bonchev–Trinajstić information content (AvgIpc) is 2.54. The number of hydrogen-bond acceptors (Lipinski definition) is 2. The van der Waals surface area contributed by atoms with Crippen LogP contribution in [-0.2, 0) is 4.74 Å². The highest BCUT2D eigenvalue weighted by atomic mass is 16.5. The SMILES string of the molecule is CCCCCCCCCCCCCCCCOCN(C)CCC. The summed E-state index contributed by atoms with van der Waals surface area (Å²) in [4.78, 5) is 2.25. The first-order chi connectivity index (χ1) is 11.3. The van der Waals surface area contributed by atoms with Gasteiger partial charge < -0.3 is 4.74 Å². The van der Waals surface area contributed by atoms with E-state index in [4.69, 9.17) is 4.74 Å². The van der Waals surface area contributed by atoms with E-state index in [2.05, 4.69) is 25.8 Å². The maximum Gasteiger partial charge on any atom is 0.0987 e. The van der Waals surface area contributed by atoms with E-state index in [9.17, 15) is 0 Å². The Bertz CT molecular complexity index is 208. The zero-order valence-electron chi connectivity index (χ0n) is 16.6. The third-order valence-electron chi connectivity index (χ3n) is 4.56. The number of hydrogen-bond donors (Lipinski definition) is 0. The zero-order chi connectivity index (χ0) is 17.0. The van der Waals surface area contributed by atoms with Crippen LogP contribution in [0.25, 0.3) is 0 Å². The van der Waals surface area contributed by atoms with Gasteiger partial charge in [0, 0.05) is 6.61 Å². The van der Waals surface area contributed by atoms with Gasteiger partial charge in [-0.25, -0.2) is 0 Å². The molecular formula is C21H45NO. The van der Waals surface area contributed by atoms with Crippen LogP contribution in [0.2, 0.25) is 0 Å². The molecule has 0 atom stereocenters. The van der Waals surface area contributed by atoms with Crippen molar-refractivity contribution >= 4 is 0 Å². The van der Waals surface area contributed by atoms with Crippen molar-refractivity contribution in [3.05, 3.63) is 0 Å². The molecule has 0 aliphatic carbocycles. The van der Waals surface area contributed by atoms with E-state index in [0.717, 1.165) is 19.9 Å². The van der Waals surface area contributed by atoms with E-state index in [-0.39, 0.29) is 0 Å². The molecule has 0 heterocycles. The van der Waals surface area contributed by atoms with E-state index in [1.165, 1.54) is 96.3 Å². The van der Waals surface area contributed by atoms with Gasteiger partial charge in [-0.3, -0.25) is 4.90 Å². The van der Waals surface area contributed by atoms with Crippen LogP contribution in [0, 0.1) is 0 Å². The van der Waals surface area contributed by atoms with Crippen molar-refractivity contribution in [3.8, 4) is 0 Å². The largest absolute Gasteiger partial charge is 0.366 e. The lowest BCUT2D eigenvalue weighted by atomic mass is 10.0. The number of rotatable bonds is 19. The lowest BCUT2D eigenvalue weighted by Crippen LogP contribution is -2.22. The Balaban J connectivity index is 3.00. The first kappa shape index (κ1) is 22.9. The van der Waals surface area contributed by atoms with Gasteiger partial charge in [0.1, 0.15) is 0 Å². The highest BCUT2D eigenvalue weighted by molar-refractivity contribution is 4.49. The minimum absolute atomic E-state index is 0.798. The van der Waals surface area contributed by atoms with Crippen LogP contribution in [0.15, 0.2) is 0 Å². The second-order valence-electron chi connectivity index (χ2n) is 7.21. The highest BCUT2D eigenvalue weighted by Crippen LogP contribution is 2.12. The minimum atomic E-state index is 0.798. The second kappa shape index (κ2) is 20.0. The maximum atomic E-state index is 5.68. The van der Waals surface area contributed by atoms with Crippen LogP contribution in [0.4, 0.5) is 0 Å². The quantitative estimate of drug-likeness (QED) is 0.191. The molecule has 0 spiro atoms. The van der Waals surface area contributed by atoms with Crippen LogP contribution < -0.4 is 0 Å². The van der Waals surface area contributed by atoms with Crippen molar-refractivity contribution in [2.45, 2.75) is 110 Å². The van der Waals surface area contributed by atoms with Gasteiger partial charge in [0.25, 0.3) is 0 Å². The smallest absolute Gasteiger partial charge is 0.0987 e. The van der Waals surface area contributed by atoms with Gasteiger partial charge in [0.05, 0.1) is 6.73 Å². The Morgan fingerprint density at radius 3 is 1.43 bits per heavy atom. The van der Waals surface area contributed by atoms with Gasteiger partial charge in [-0.15, -0.1) is 0 Å². The molecule has 0 rings (SSSR count). The van der Waals surface area contributed by atoms with Gasteiger partial charge in [-0.05, 0) is 26.4 Å². The van der Waals surface area contributed by atoms with E-state index in [0.29, 0.717) is 0 Å².